The van der Waals surface area contributed by atoms with Crippen molar-refractivity contribution < 1.29 is 9.53 Å². The summed E-state index contributed by atoms with van der Waals surface area (Å²) in [5.74, 6) is 1.83. The highest BCUT2D eigenvalue weighted by Gasteiger charge is 2.34. The molecule has 2 aliphatic rings. The third-order valence-corrected chi connectivity index (χ3v) is 6.38. The van der Waals surface area contributed by atoms with Crippen molar-refractivity contribution in [3.63, 3.8) is 0 Å². The van der Waals surface area contributed by atoms with Crippen LogP contribution in [0.3, 0.4) is 0 Å². The van der Waals surface area contributed by atoms with E-state index in [4.69, 9.17) is 9.72 Å². The van der Waals surface area contributed by atoms with Crippen LogP contribution in [0.5, 0.6) is 5.75 Å². The Morgan fingerprint density at radius 2 is 1.94 bits per heavy atom. The zero-order valence-corrected chi connectivity index (χ0v) is 17.7. The predicted molar refractivity (Wildman–Crippen MR) is 124 cm³/mol. The fourth-order valence-corrected chi connectivity index (χ4v) is 4.84. The molecule has 0 radical (unpaired) electrons. The summed E-state index contributed by atoms with van der Waals surface area (Å²) in [7, 11) is 0. The number of nitrogens with zero attached hydrogens (tertiary/aromatic N) is 3. The second kappa shape index (κ2) is 7.71. The van der Waals surface area contributed by atoms with Gasteiger partial charge in [0.05, 0.1) is 23.9 Å². The van der Waals surface area contributed by atoms with E-state index in [-0.39, 0.29) is 12.1 Å². The van der Waals surface area contributed by atoms with E-state index in [0.29, 0.717) is 13.2 Å². The summed E-state index contributed by atoms with van der Waals surface area (Å²) in [6, 6.07) is 22.1. The largest absolute Gasteiger partial charge is 0.493 e. The molecule has 1 N–H and O–H groups in total. The predicted octanol–water partition coefficient (Wildman–Crippen LogP) is 5.31. The molecule has 1 saturated heterocycles. The van der Waals surface area contributed by atoms with Crippen LogP contribution >= 0.6 is 0 Å². The summed E-state index contributed by atoms with van der Waals surface area (Å²) in [6.45, 7) is 1.42. The molecule has 2 aromatic carbocycles. The van der Waals surface area contributed by atoms with Gasteiger partial charge in [0, 0.05) is 30.4 Å². The number of aromatic nitrogens is 2. The van der Waals surface area contributed by atoms with Gasteiger partial charge in [0.1, 0.15) is 11.6 Å². The summed E-state index contributed by atoms with van der Waals surface area (Å²) < 4.78 is 7.71. The average molecular weight is 425 g/mol. The second-order valence-electron chi connectivity index (χ2n) is 8.34. The molecule has 4 heterocycles. The minimum atomic E-state index is -0.0830. The monoisotopic (exact) mass is 424 g/mol. The van der Waals surface area contributed by atoms with Crippen molar-refractivity contribution in [1.82, 2.24) is 14.3 Å². The Hall–Kier alpha value is -3.80. The van der Waals surface area contributed by atoms with E-state index in [1.54, 1.807) is 0 Å². The Kier molecular flexibility index (Phi) is 4.56. The van der Waals surface area contributed by atoms with E-state index in [0.717, 1.165) is 58.9 Å². The SMILES string of the molecule is O=C(Nc1ccc2c(c1)CCO2)N1CCCC1c1nc(-c2ccccc2)c2ccccn12. The van der Waals surface area contributed by atoms with E-state index in [2.05, 4.69) is 27.9 Å². The molecule has 2 amide bonds. The van der Waals surface area contributed by atoms with E-state index >= 15 is 0 Å². The topological polar surface area (TPSA) is 58.9 Å². The average Bonchev–Trinajstić information content (AvgIpc) is 3.57. The number of likely N-dealkylation sites (tertiary alicyclic amines) is 1. The van der Waals surface area contributed by atoms with Crippen molar-refractivity contribution in [2.75, 3.05) is 18.5 Å². The molecule has 2 aliphatic heterocycles. The Morgan fingerprint density at radius 1 is 1.06 bits per heavy atom. The Labute approximate surface area is 186 Å². The van der Waals surface area contributed by atoms with E-state index in [1.165, 1.54) is 0 Å². The standard InChI is InChI=1S/C26H24N4O2/c31-26(27-20-11-12-23-19(17-20)13-16-32-23)30-15-6-10-22(30)25-28-24(18-7-2-1-3-8-18)21-9-4-5-14-29(21)25/h1-5,7-9,11-12,14,17,22H,6,10,13,15-16H2,(H,27,31). The van der Waals surface area contributed by atoms with Crippen molar-refractivity contribution in [2.45, 2.75) is 25.3 Å². The molecule has 1 atom stereocenters. The normalized spacial score (nSPS) is 17.4. The van der Waals surface area contributed by atoms with Crippen LogP contribution in [0, 0.1) is 0 Å². The molecule has 0 aliphatic carbocycles. The number of ether oxygens (including phenoxy) is 1. The highest BCUT2D eigenvalue weighted by Crippen LogP contribution is 2.36. The van der Waals surface area contributed by atoms with Gasteiger partial charge >= 0.3 is 6.03 Å². The van der Waals surface area contributed by atoms with Gasteiger partial charge in [-0.15, -0.1) is 0 Å². The number of imidazole rings is 1. The van der Waals surface area contributed by atoms with Crippen LogP contribution in [0.1, 0.15) is 30.3 Å². The number of anilines is 1. The number of urea groups is 1. The summed E-state index contributed by atoms with van der Waals surface area (Å²) in [6.07, 6.45) is 4.78. The molecule has 6 nitrogen and oxygen atoms in total. The van der Waals surface area contributed by atoms with Gasteiger partial charge < -0.3 is 19.4 Å². The lowest BCUT2D eigenvalue weighted by Crippen LogP contribution is -2.35. The maximum Gasteiger partial charge on any atom is 0.322 e. The van der Waals surface area contributed by atoms with Gasteiger partial charge in [0.15, 0.2) is 0 Å². The third-order valence-electron chi connectivity index (χ3n) is 6.38. The van der Waals surface area contributed by atoms with E-state index in [9.17, 15) is 4.79 Å². The van der Waals surface area contributed by atoms with Crippen molar-refractivity contribution in [1.29, 1.82) is 0 Å². The number of rotatable bonds is 3. The van der Waals surface area contributed by atoms with Crippen LogP contribution in [0.2, 0.25) is 0 Å². The maximum absolute atomic E-state index is 13.3. The van der Waals surface area contributed by atoms with E-state index < -0.39 is 0 Å². The first kappa shape index (κ1) is 18.9. The summed E-state index contributed by atoms with van der Waals surface area (Å²) >= 11 is 0. The van der Waals surface area contributed by atoms with Gasteiger partial charge in [-0.2, -0.15) is 0 Å². The minimum absolute atomic E-state index is 0.0693. The Morgan fingerprint density at radius 3 is 2.84 bits per heavy atom. The Balaban J connectivity index is 1.33. The lowest BCUT2D eigenvalue weighted by molar-refractivity contribution is 0.205. The molecular weight excluding hydrogens is 400 g/mol. The molecule has 160 valence electrons. The number of carbonyl (C=O) groups excluding carboxylic acids is 1. The van der Waals surface area contributed by atoms with Crippen LogP contribution < -0.4 is 10.1 Å². The lowest BCUT2D eigenvalue weighted by Gasteiger charge is -2.24. The number of pyridine rings is 1. The zero-order chi connectivity index (χ0) is 21.5. The fourth-order valence-electron chi connectivity index (χ4n) is 4.84. The van der Waals surface area contributed by atoms with Gasteiger partial charge in [0.25, 0.3) is 0 Å². The number of carbonyl (C=O) groups is 1. The summed E-state index contributed by atoms with van der Waals surface area (Å²) in [4.78, 5) is 20.2. The molecule has 6 heteroatoms. The van der Waals surface area contributed by atoms with Crippen LogP contribution in [0.25, 0.3) is 16.8 Å². The second-order valence-corrected chi connectivity index (χ2v) is 8.34. The minimum Gasteiger partial charge on any atom is -0.493 e. The van der Waals surface area contributed by atoms with Crippen LogP contribution in [-0.2, 0) is 6.42 Å². The highest BCUT2D eigenvalue weighted by molar-refractivity contribution is 5.90. The maximum atomic E-state index is 13.3. The Bertz CT molecular complexity index is 1300. The smallest absolute Gasteiger partial charge is 0.322 e. The lowest BCUT2D eigenvalue weighted by atomic mass is 10.1. The summed E-state index contributed by atoms with van der Waals surface area (Å²) in [5.41, 5.74) is 5.04. The number of nitrogens with one attached hydrogen (secondary N) is 1. The van der Waals surface area contributed by atoms with Gasteiger partial charge in [-0.3, -0.25) is 0 Å². The molecule has 1 unspecified atom stereocenters. The fraction of sp³-hybridized carbons (Fsp3) is 0.231. The first-order valence-electron chi connectivity index (χ1n) is 11.1. The van der Waals surface area contributed by atoms with Gasteiger partial charge in [0.2, 0.25) is 0 Å². The van der Waals surface area contributed by atoms with E-state index in [1.807, 2.05) is 59.6 Å². The number of fused-ring (bicyclic) bond motifs is 2. The molecule has 2 aromatic heterocycles. The highest BCUT2D eigenvalue weighted by atomic mass is 16.5. The third kappa shape index (κ3) is 3.19. The molecule has 4 aromatic rings. The molecule has 6 rings (SSSR count). The molecule has 1 fully saturated rings. The number of benzene rings is 2. The number of amides is 2. The molecule has 0 spiro atoms. The van der Waals surface area contributed by atoms with Gasteiger partial charge in [-0.25, -0.2) is 9.78 Å². The van der Waals surface area contributed by atoms with Crippen molar-refractivity contribution in [3.05, 3.63) is 84.3 Å². The van der Waals surface area contributed by atoms with Crippen LogP contribution in [-0.4, -0.2) is 33.5 Å². The molecule has 0 bridgehead atoms. The van der Waals surface area contributed by atoms with Crippen LogP contribution in [0.15, 0.2) is 72.9 Å². The van der Waals surface area contributed by atoms with Gasteiger partial charge in [-0.1, -0.05) is 36.4 Å². The summed E-state index contributed by atoms with van der Waals surface area (Å²) in [5, 5.41) is 3.09. The molecule has 32 heavy (non-hydrogen) atoms. The van der Waals surface area contributed by atoms with Crippen molar-refractivity contribution in [3.8, 4) is 17.0 Å². The van der Waals surface area contributed by atoms with Gasteiger partial charge in [-0.05, 0) is 48.7 Å². The molecule has 0 saturated carbocycles. The number of hydrogen-bond donors (Lipinski definition) is 1. The zero-order valence-electron chi connectivity index (χ0n) is 17.7. The number of hydrogen-bond acceptors (Lipinski definition) is 3. The van der Waals surface area contributed by atoms with Crippen molar-refractivity contribution in [2.24, 2.45) is 0 Å². The quantitative estimate of drug-likeness (QED) is 0.485. The van der Waals surface area contributed by atoms with Crippen LogP contribution in [0.4, 0.5) is 10.5 Å². The van der Waals surface area contributed by atoms with Crippen molar-refractivity contribution >= 4 is 17.2 Å². The first-order valence-corrected chi connectivity index (χ1v) is 11.1. The first-order chi connectivity index (χ1) is 15.8. The molecular formula is C26H24N4O2.